The Morgan fingerprint density at radius 1 is 1.16 bits per heavy atom. The van der Waals surface area contributed by atoms with Gasteiger partial charge in [-0.2, -0.15) is 15.5 Å². The van der Waals surface area contributed by atoms with Crippen LogP contribution in [0.2, 0.25) is 5.02 Å². The summed E-state index contributed by atoms with van der Waals surface area (Å²) in [6.07, 6.45) is 4.04. The van der Waals surface area contributed by atoms with Crippen LogP contribution in [0.4, 0.5) is 5.69 Å². The second-order valence-electron chi connectivity index (χ2n) is 5.35. The van der Waals surface area contributed by atoms with Crippen molar-refractivity contribution in [2.45, 2.75) is 13.0 Å². The minimum absolute atomic E-state index is 0.412. The Balaban J connectivity index is 1.83. The highest BCUT2D eigenvalue weighted by Gasteiger charge is 2.09. The molecule has 0 amide bonds. The molecule has 0 fully saturated rings. The molecule has 0 bridgehead atoms. The van der Waals surface area contributed by atoms with Crippen molar-refractivity contribution in [3.05, 3.63) is 71.4 Å². The summed E-state index contributed by atoms with van der Waals surface area (Å²) in [5.41, 5.74) is 6.54. The maximum absolute atomic E-state index is 8.77. The van der Waals surface area contributed by atoms with E-state index in [-0.39, 0.29) is 0 Å². The average molecular weight is 350 g/mol. The van der Waals surface area contributed by atoms with Gasteiger partial charge in [-0.1, -0.05) is 41.9 Å². The highest BCUT2D eigenvalue weighted by atomic mass is 35.5. The maximum atomic E-state index is 8.77. The molecule has 2 aromatic carbocycles. The molecule has 25 heavy (non-hydrogen) atoms. The highest BCUT2D eigenvalue weighted by Crippen LogP contribution is 2.21. The van der Waals surface area contributed by atoms with E-state index in [1.165, 1.54) is 0 Å². The van der Waals surface area contributed by atoms with Gasteiger partial charge in [0.15, 0.2) is 0 Å². The van der Waals surface area contributed by atoms with Crippen molar-refractivity contribution in [3.63, 3.8) is 0 Å². The van der Waals surface area contributed by atoms with E-state index in [1.807, 2.05) is 48.7 Å². The Morgan fingerprint density at radius 3 is 2.64 bits per heavy atom. The van der Waals surface area contributed by atoms with Gasteiger partial charge in [0, 0.05) is 22.3 Å². The van der Waals surface area contributed by atoms with Crippen molar-refractivity contribution in [1.29, 1.82) is 5.26 Å². The van der Waals surface area contributed by atoms with E-state index in [9.17, 15) is 0 Å². The van der Waals surface area contributed by atoms with Crippen molar-refractivity contribution < 1.29 is 0 Å². The van der Waals surface area contributed by atoms with Gasteiger partial charge in [-0.3, -0.25) is 10.1 Å². The monoisotopic (exact) mass is 349 g/mol. The van der Waals surface area contributed by atoms with Gasteiger partial charge in [-0.25, -0.2) is 0 Å². The third kappa shape index (κ3) is 4.46. The molecule has 3 aromatic rings. The summed E-state index contributed by atoms with van der Waals surface area (Å²) >= 11 is 5.87. The standard InChI is InChI=1S/C19H16ClN5/c20-17-7-9-18(10-8-17)23-22-13-16-14-25(12-4-11-21)24-19(16)15-5-2-1-3-6-15/h1-3,5-10,13-14,23H,4,12H2/b22-13-. The van der Waals surface area contributed by atoms with Crippen LogP contribution in [0, 0.1) is 11.3 Å². The molecule has 0 unspecified atom stereocenters. The number of aryl methyl sites for hydroxylation is 1. The molecule has 0 aliphatic heterocycles. The highest BCUT2D eigenvalue weighted by molar-refractivity contribution is 6.30. The molecule has 0 atom stereocenters. The summed E-state index contributed by atoms with van der Waals surface area (Å²) in [5.74, 6) is 0. The van der Waals surface area contributed by atoms with Gasteiger partial charge in [0.2, 0.25) is 0 Å². The van der Waals surface area contributed by atoms with E-state index in [0.29, 0.717) is 18.0 Å². The van der Waals surface area contributed by atoms with Crippen LogP contribution < -0.4 is 5.43 Å². The molecule has 6 heteroatoms. The molecule has 1 N–H and O–H groups in total. The van der Waals surface area contributed by atoms with Gasteiger partial charge in [-0.15, -0.1) is 0 Å². The Bertz CT molecular complexity index is 892. The van der Waals surface area contributed by atoms with Crippen molar-refractivity contribution in [2.24, 2.45) is 5.10 Å². The maximum Gasteiger partial charge on any atom is 0.101 e. The van der Waals surface area contributed by atoms with Gasteiger partial charge in [0.05, 0.1) is 30.9 Å². The first-order chi connectivity index (χ1) is 12.3. The lowest BCUT2D eigenvalue weighted by molar-refractivity contribution is 0.629. The number of hydrogen-bond acceptors (Lipinski definition) is 4. The molecule has 0 saturated carbocycles. The second kappa shape index (κ2) is 8.13. The Morgan fingerprint density at radius 2 is 1.92 bits per heavy atom. The number of hydrogen-bond donors (Lipinski definition) is 1. The Kier molecular flexibility index (Phi) is 5.45. The summed E-state index contributed by atoms with van der Waals surface area (Å²) in [6, 6.07) is 19.4. The van der Waals surface area contributed by atoms with Crippen LogP contribution in [0.5, 0.6) is 0 Å². The molecule has 0 aliphatic carbocycles. The van der Waals surface area contributed by atoms with Crippen LogP contribution in [-0.4, -0.2) is 16.0 Å². The van der Waals surface area contributed by atoms with Gasteiger partial charge in [0.1, 0.15) is 5.69 Å². The summed E-state index contributed by atoms with van der Waals surface area (Å²) < 4.78 is 1.77. The fourth-order valence-corrected chi connectivity index (χ4v) is 2.46. The molecule has 124 valence electrons. The van der Waals surface area contributed by atoms with E-state index < -0.39 is 0 Å². The molecule has 1 aromatic heterocycles. The normalized spacial score (nSPS) is 10.7. The zero-order chi connectivity index (χ0) is 17.5. The molecule has 3 rings (SSSR count). The molecule has 0 saturated heterocycles. The van der Waals surface area contributed by atoms with E-state index >= 15 is 0 Å². The average Bonchev–Trinajstić information content (AvgIpc) is 3.05. The quantitative estimate of drug-likeness (QED) is 0.524. The van der Waals surface area contributed by atoms with Crippen molar-refractivity contribution in [1.82, 2.24) is 9.78 Å². The third-order valence-electron chi connectivity index (χ3n) is 3.53. The van der Waals surface area contributed by atoms with Gasteiger partial charge >= 0.3 is 0 Å². The van der Waals surface area contributed by atoms with E-state index in [0.717, 1.165) is 22.5 Å². The minimum atomic E-state index is 0.412. The Labute approximate surface area is 151 Å². The third-order valence-corrected chi connectivity index (χ3v) is 3.78. The van der Waals surface area contributed by atoms with Gasteiger partial charge in [-0.05, 0) is 24.3 Å². The lowest BCUT2D eigenvalue weighted by Gasteiger charge is -2.00. The molecular formula is C19H16ClN5. The minimum Gasteiger partial charge on any atom is -0.279 e. The van der Waals surface area contributed by atoms with Gasteiger partial charge < -0.3 is 0 Å². The molecule has 0 radical (unpaired) electrons. The topological polar surface area (TPSA) is 66.0 Å². The van der Waals surface area contributed by atoms with Crippen LogP contribution >= 0.6 is 11.6 Å². The van der Waals surface area contributed by atoms with Crippen LogP contribution in [-0.2, 0) is 6.54 Å². The van der Waals surface area contributed by atoms with E-state index in [1.54, 1.807) is 23.0 Å². The summed E-state index contributed by atoms with van der Waals surface area (Å²) in [6.45, 7) is 0.550. The van der Waals surface area contributed by atoms with E-state index in [4.69, 9.17) is 16.9 Å². The molecule has 0 aliphatic rings. The fourth-order valence-electron chi connectivity index (χ4n) is 2.33. The van der Waals surface area contributed by atoms with Crippen LogP contribution in [0.15, 0.2) is 65.9 Å². The first kappa shape index (κ1) is 16.7. The number of rotatable bonds is 6. The first-order valence-electron chi connectivity index (χ1n) is 7.81. The number of nitriles is 1. The predicted molar refractivity (Wildman–Crippen MR) is 101 cm³/mol. The zero-order valence-electron chi connectivity index (χ0n) is 13.4. The largest absolute Gasteiger partial charge is 0.279 e. The van der Waals surface area contributed by atoms with Crippen LogP contribution in [0.3, 0.4) is 0 Å². The molecule has 0 spiro atoms. The lowest BCUT2D eigenvalue weighted by atomic mass is 10.1. The molecule has 1 heterocycles. The number of nitrogens with one attached hydrogen (secondary N) is 1. The lowest BCUT2D eigenvalue weighted by Crippen LogP contribution is -1.97. The number of benzene rings is 2. The SMILES string of the molecule is N#CCCn1cc(/C=N\Nc2ccc(Cl)cc2)c(-c2ccccc2)n1. The predicted octanol–water partition coefficient (Wildman–Crippen LogP) is 4.56. The number of halogens is 1. The van der Waals surface area contributed by atoms with Crippen LogP contribution in [0.1, 0.15) is 12.0 Å². The number of aromatic nitrogens is 2. The number of nitrogens with zero attached hydrogens (tertiary/aromatic N) is 4. The fraction of sp³-hybridized carbons (Fsp3) is 0.105. The van der Waals surface area contributed by atoms with Crippen molar-refractivity contribution in [3.8, 4) is 17.3 Å². The van der Waals surface area contributed by atoms with Gasteiger partial charge in [0.25, 0.3) is 0 Å². The van der Waals surface area contributed by atoms with Crippen LogP contribution in [0.25, 0.3) is 11.3 Å². The molecule has 5 nitrogen and oxygen atoms in total. The smallest absolute Gasteiger partial charge is 0.101 e. The van der Waals surface area contributed by atoms with Crippen molar-refractivity contribution >= 4 is 23.5 Å². The summed E-state index contributed by atoms with van der Waals surface area (Å²) in [4.78, 5) is 0. The van der Waals surface area contributed by atoms with E-state index in [2.05, 4.69) is 21.7 Å². The van der Waals surface area contributed by atoms with Crippen molar-refractivity contribution in [2.75, 3.05) is 5.43 Å². The Hall–Kier alpha value is -3.10. The summed E-state index contributed by atoms with van der Waals surface area (Å²) in [5, 5.41) is 18.3. The zero-order valence-corrected chi connectivity index (χ0v) is 14.2. The number of hydrazone groups is 1. The second-order valence-corrected chi connectivity index (χ2v) is 5.78. The number of anilines is 1. The first-order valence-corrected chi connectivity index (χ1v) is 8.18. The molecular weight excluding hydrogens is 334 g/mol. The summed E-state index contributed by atoms with van der Waals surface area (Å²) in [7, 11) is 0.